The smallest absolute Gasteiger partial charge is 0.185 e. The number of rotatable bonds is 5. The van der Waals surface area contributed by atoms with E-state index < -0.39 is 0 Å². The Labute approximate surface area is 154 Å². The van der Waals surface area contributed by atoms with Gasteiger partial charge in [-0.25, -0.2) is 4.39 Å². The third kappa shape index (κ3) is 4.38. The Balaban J connectivity index is 1.70. The van der Waals surface area contributed by atoms with Crippen LogP contribution in [0.3, 0.4) is 0 Å². The quantitative estimate of drug-likeness (QED) is 0.660. The maximum Gasteiger partial charge on any atom is 0.185 e. The summed E-state index contributed by atoms with van der Waals surface area (Å²) in [7, 11) is 0. The zero-order valence-corrected chi connectivity index (χ0v) is 15.5. The highest BCUT2D eigenvalue weighted by Crippen LogP contribution is 2.21. The van der Waals surface area contributed by atoms with Crippen molar-refractivity contribution < 1.29 is 14.1 Å². The van der Waals surface area contributed by atoms with Gasteiger partial charge in [0.05, 0.1) is 38.4 Å². The number of allylic oxidation sites excluding steroid dienone is 1. The molecule has 1 aliphatic heterocycles. The summed E-state index contributed by atoms with van der Waals surface area (Å²) in [5.74, 6) is -0.503. The lowest BCUT2D eigenvalue weighted by molar-refractivity contribution is -0.898. The van der Waals surface area contributed by atoms with Crippen LogP contribution >= 0.6 is 0 Å². The number of nitrogens with zero attached hydrogens (tertiary/aromatic N) is 1. The minimum Gasteiger partial charge on any atom is -0.358 e. The average molecular weight is 353 g/mol. The number of nitrogens with one attached hydrogen (secondary N) is 1. The summed E-state index contributed by atoms with van der Waals surface area (Å²) in [6.07, 6.45) is 3.28. The molecule has 0 spiro atoms. The topological polar surface area (TPSA) is 24.8 Å². The van der Waals surface area contributed by atoms with Crippen LogP contribution in [0.1, 0.15) is 28.4 Å². The van der Waals surface area contributed by atoms with Crippen LogP contribution in [0.4, 0.5) is 10.1 Å². The predicted octanol–water partition coefficient (Wildman–Crippen LogP) is 2.76. The maximum atomic E-state index is 14.6. The second kappa shape index (κ2) is 8.28. The normalized spacial score (nSPS) is 15.6. The Hall–Kier alpha value is -2.46. The molecule has 1 N–H and O–H groups in total. The van der Waals surface area contributed by atoms with Gasteiger partial charge >= 0.3 is 0 Å². The lowest BCUT2D eigenvalue weighted by Gasteiger charge is -2.33. The fourth-order valence-corrected chi connectivity index (χ4v) is 3.38. The van der Waals surface area contributed by atoms with Crippen molar-refractivity contribution >= 4 is 17.5 Å². The maximum absolute atomic E-state index is 14.6. The number of quaternary nitrogens is 1. The van der Waals surface area contributed by atoms with Gasteiger partial charge in [-0.05, 0) is 43.7 Å². The van der Waals surface area contributed by atoms with Crippen LogP contribution in [0.25, 0.3) is 6.08 Å². The second-order valence-corrected chi connectivity index (χ2v) is 6.87. The summed E-state index contributed by atoms with van der Waals surface area (Å²) < 4.78 is 14.6. The van der Waals surface area contributed by atoms with Crippen LogP contribution in [0.15, 0.2) is 48.5 Å². The summed E-state index contributed by atoms with van der Waals surface area (Å²) in [6, 6.07) is 12.7. The number of carbonyl (C=O) groups excluding carboxylic acids is 1. The van der Waals surface area contributed by atoms with E-state index >= 15 is 0 Å². The van der Waals surface area contributed by atoms with E-state index in [1.54, 1.807) is 23.1 Å². The van der Waals surface area contributed by atoms with Gasteiger partial charge in [-0.2, -0.15) is 0 Å². The SMILES string of the molecule is CC[NH+]1CCN(c2ccc(C(=O)/C=C/c3cccc(C)c3)cc2F)CC1. The molecule has 4 heteroatoms. The number of hydrogen-bond acceptors (Lipinski definition) is 2. The van der Waals surface area contributed by atoms with E-state index in [-0.39, 0.29) is 11.6 Å². The van der Waals surface area contributed by atoms with Gasteiger partial charge in [-0.3, -0.25) is 4.79 Å². The van der Waals surface area contributed by atoms with E-state index in [1.165, 1.54) is 12.1 Å². The van der Waals surface area contributed by atoms with E-state index in [0.29, 0.717) is 11.3 Å². The number of halogens is 1. The first-order valence-corrected chi connectivity index (χ1v) is 9.24. The van der Waals surface area contributed by atoms with E-state index in [0.717, 1.165) is 43.9 Å². The van der Waals surface area contributed by atoms with Crippen molar-refractivity contribution in [2.75, 3.05) is 37.6 Å². The molecule has 1 aliphatic rings. The number of piperazine rings is 1. The van der Waals surface area contributed by atoms with E-state index in [2.05, 4.69) is 11.8 Å². The van der Waals surface area contributed by atoms with E-state index in [4.69, 9.17) is 0 Å². The fraction of sp³-hybridized carbons (Fsp3) is 0.318. The third-order valence-electron chi connectivity index (χ3n) is 5.01. The average Bonchev–Trinajstić information content (AvgIpc) is 2.66. The third-order valence-corrected chi connectivity index (χ3v) is 5.01. The molecule has 0 radical (unpaired) electrons. The molecule has 0 unspecified atom stereocenters. The van der Waals surface area contributed by atoms with Gasteiger partial charge in [0.15, 0.2) is 5.78 Å². The molecule has 1 heterocycles. The molecule has 0 aromatic heterocycles. The molecular formula is C22H26FN2O+. The van der Waals surface area contributed by atoms with Crippen LogP contribution in [0.2, 0.25) is 0 Å². The standard InChI is InChI=1S/C22H25FN2O/c1-3-24-11-13-25(14-12-24)21-9-8-19(16-20(21)23)22(26)10-7-18-6-4-5-17(2)15-18/h4-10,15-16H,3,11-14H2,1-2H3/p+1/b10-7+. The lowest BCUT2D eigenvalue weighted by atomic mass is 10.1. The van der Waals surface area contributed by atoms with Crippen LogP contribution < -0.4 is 9.80 Å². The van der Waals surface area contributed by atoms with Gasteiger partial charge in [0.25, 0.3) is 0 Å². The zero-order chi connectivity index (χ0) is 18.5. The largest absolute Gasteiger partial charge is 0.358 e. The van der Waals surface area contributed by atoms with Crippen LogP contribution in [-0.2, 0) is 0 Å². The molecule has 2 aromatic carbocycles. The number of carbonyl (C=O) groups is 1. The summed E-state index contributed by atoms with van der Waals surface area (Å²) in [5, 5.41) is 0. The van der Waals surface area contributed by atoms with Crippen molar-refractivity contribution in [2.24, 2.45) is 0 Å². The van der Waals surface area contributed by atoms with Crippen molar-refractivity contribution in [3.8, 4) is 0 Å². The first kappa shape index (κ1) is 18.3. The molecule has 0 amide bonds. The summed E-state index contributed by atoms with van der Waals surface area (Å²) in [4.78, 5) is 16.0. The van der Waals surface area contributed by atoms with E-state index in [1.807, 2.05) is 31.2 Å². The van der Waals surface area contributed by atoms with Gasteiger partial charge in [0.2, 0.25) is 0 Å². The Morgan fingerprint density at radius 2 is 1.96 bits per heavy atom. The van der Waals surface area contributed by atoms with E-state index in [9.17, 15) is 9.18 Å². The first-order valence-electron chi connectivity index (χ1n) is 9.24. The molecule has 3 rings (SSSR count). The summed E-state index contributed by atoms with van der Waals surface area (Å²) in [5.41, 5.74) is 3.08. The van der Waals surface area contributed by atoms with Gasteiger partial charge in [-0.1, -0.05) is 35.9 Å². The summed E-state index contributed by atoms with van der Waals surface area (Å²) in [6.45, 7) is 9.04. The highest BCUT2D eigenvalue weighted by molar-refractivity contribution is 6.07. The van der Waals surface area contributed by atoms with Gasteiger partial charge in [0, 0.05) is 5.56 Å². The van der Waals surface area contributed by atoms with Gasteiger partial charge < -0.3 is 9.80 Å². The predicted molar refractivity (Wildman–Crippen MR) is 104 cm³/mol. The Morgan fingerprint density at radius 1 is 1.19 bits per heavy atom. The molecule has 26 heavy (non-hydrogen) atoms. The molecular weight excluding hydrogens is 327 g/mol. The monoisotopic (exact) mass is 353 g/mol. The fourth-order valence-electron chi connectivity index (χ4n) is 3.38. The molecule has 136 valence electrons. The Bertz CT molecular complexity index is 808. The number of hydrogen-bond donors (Lipinski definition) is 1. The number of ketones is 1. The Morgan fingerprint density at radius 3 is 2.62 bits per heavy atom. The molecule has 0 atom stereocenters. The van der Waals surface area contributed by atoms with Crippen molar-refractivity contribution in [1.29, 1.82) is 0 Å². The molecule has 0 saturated carbocycles. The van der Waals surface area contributed by atoms with Crippen molar-refractivity contribution in [3.63, 3.8) is 0 Å². The van der Waals surface area contributed by atoms with Crippen molar-refractivity contribution in [2.45, 2.75) is 13.8 Å². The van der Waals surface area contributed by atoms with Crippen LogP contribution in [0, 0.1) is 12.7 Å². The van der Waals surface area contributed by atoms with Crippen LogP contribution in [-0.4, -0.2) is 38.5 Å². The van der Waals surface area contributed by atoms with Gasteiger partial charge in [0.1, 0.15) is 5.82 Å². The molecule has 1 fully saturated rings. The van der Waals surface area contributed by atoms with Crippen molar-refractivity contribution in [3.05, 3.63) is 71.0 Å². The second-order valence-electron chi connectivity index (χ2n) is 6.87. The zero-order valence-electron chi connectivity index (χ0n) is 15.5. The molecule has 0 aliphatic carbocycles. The van der Waals surface area contributed by atoms with Gasteiger partial charge in [-0.15, -0.1) is 0 Å². The Kier molecular flexibility index (Phi) is 5.84. The molecule has 1 saturated heterocycles. The number of likely N-dealkylation sites (N-methyl/N-ethyl adjacent to an activating group) is 1. The first-order chi connectivity index (χ1) is 12.6. The lowest BCUT2D eigenvalue weighted by Crippen LogP contribution is -3.14. The number of benzene rings is 2. The molecule has 0 bridgehead atoms. The summed E-state index contributed by atoms with van der Waals surface area (Å²) >= 11 is 0. The van der Waals surface area contributed by atoms with Crippen molar-refractivity contribution in [1.82, 2.24) is 0 Å². The minimum absolute atomic E-state index is 0.183. The van der Waals surface area contributed by atoms with Crippen LogP contribution in [0.5, 0.6) is 0 Å². The molecule has 2 aromatic rings. The highest BCUT2D eigenvalue weighted by Gasteiger charge is 2.21. The number of aryl methyl sites for hydroxylation is 1. The number of anilines is 1. The molecule has 3 nitrogen and oxygen atoms in total. The minimum atomic E-state index is -0.320. The highest BCUT2D eigenvalue weighted by atomic mass is 19.1.